The molecular weight excluding hydrogens is 338 g/mol. The molecule has 0 fully saturated rings. The number of rotatable bonds is 7. The summed E-state index contributed by atoms with van der Waals surface area (Å²) in [5.41, 5.74) is 3.63. The zero-order chi connectivity index (χ0) is 18.4. The molecule has 2 unspecified atom stereocenters. The van der Waals surface area contributed by atoms with E-state index in [2.05, 4.69) is 83.4 Å². The molecule has 0 spiro atoms. The minimum Gasteiger partial charge on any atom is -0.261 e. The first-order valence-electron chi connectivity index (χ1n) is 9.04. The number of thioether (sulfide) groups is 1. The zero-order valence-electron chi connectivity index (χ0n) is 15.7. The van der Waals surface area contributed by atoms with Crippen molar-refractivity contribution < 1.29 is 4.57 Å². The zero-order valence-corrected chi connectivity index (χ0v) is 16.5. The minimum atomic E-state index is 0.381. The fourth-order valence-corrected chi connectivity index (χ4v) is 3.60. The third kappa shape index (κ3) is 4.92. The number of pyridine rings is 3. The van der Waals surface area contributed by atoms with E-state index in [4.69, 9.17) is 0 Å². The first-order chi connectivity index (χ1) is 12.7. The van der Waals surface area contributed by atoms with E-state index in [0.29, 0.717) is 11.8 Å². The molecule has 134 valence electrons. The van der Waals surface area contributed by atoms with Gasteiger partial charge in [-0.05, 0) is 48.9 Å². The Morgan fingerprint density at radius 1 is 1.00 bits per heavy atom. The Hall–Kier alpha value is -2.20. The van der Waals surface area contributed by atoms with Gasteiger partial charge >= 0.3 is 0 Å². The molecule has 26 heavy (non-hydrogen) atoms. The maximum Gasteiger partial charge on any atom is 0.172 e. The molecule has 0 saturated heterocycles. The molecule has 3 heterocycles. The summed E-state index contributed by atoms with van der Waals surface area (Å²) < 4.78 is 2.27. The molecule has 3 aromatic rings. The molecule has 0 aromatic carbocycles. The van der Waals surface area contributed by atoms with Crippen LogP contribution in [0, 0.1) is 0 Å². The lowest BCUT2D eigenvalue weighted by molar-refractivity contribution is -0.699. The van der Waals surface area contributed by atoms with Crippen molar-refractivity contribution in [3.63, 3.8) is 0 Å². The van der Waals surface area contributed by atoms with Gasteiger partial charge in [0.15, 0.2) is 18.9 Å². The van der Waals surface area contributed by atoms with Crippen molar-refractivity contribution in [1.29, 1.82) is 0 Å². The molecule has 0 saturated carbocycles. The number of aromatic nitrogens is 3. The second-order valence-corrected chi connectivity index (χ2v) is 7.66. The number of hydrogen-bond acceptors (Lipinski definition) is 3. The predicted molar refractivity (Wildman–Crippen MR) is 107 cm³/mol. The first-order valence-corrected chi connectivity index (χ1v) is 10.3. The Morgan fingerprint density at radius 3 is 2.65 bits per heavy atom. The average molecular weight is 365 g/mol. The summed E-state index contributed by atoms with van der Waals surface area (Å²) in [5.74, 6) is 0.809. The van der Waals surface area contributed by atoms with Crippen LogP contribution >= 0.6 is 11.8 Å². The fraction of sp³-hybridized carbons (Fsp3) is 0.318. The molecule has 0 bridgehead atoms. The van der Waals surface area contributed by atoms with Gasteiger partial charge in [-0.1, -0.05) is 19.9 Å². The van der Waals surface area contributed by atoms with Crippen molar-refractivity contribution >= 4 is 11.8 Å². The van der Waals surface area contributed by atoms with Crippen LogP contribution in [0.3, 0.4) is 0 Å². The fourth-order valence-electron chi connectivity index (χ4n) is 3.15. The lowest BCUT2D eigenvalue weighted by Crippen LogP contribution is -2.36. The maximum absolute atomic E-state index is 4.53. The van der Waals surface area contributed by atoms with E-state index in [0.717, 1.165) is 24.4 Å². The Kier molecular flexibility index (Phi) is 6.40. The van der Waals surface area contributed by atoms with E-state index < -0.39 is 0 Å². The summed E-state index contributed by atoms with van der Waals surface area (Å²) in [5, 5.41) is 0. The van der Waals surface area contributed by atoms with Crippen LogP contribution in [0.2, 0.25) is 0 Å². The third-order valence-corrected chi connectivity index (χ3v) is 5.39. The van der Waals surface area contributed by atoms with Crippen LogP contribution in [0.15, 0.2) is 72.1 Å². The van der Waals surface area contributed by atoms with Gasteiger partial charge in [0, 0.05) is 40.3 Å². The van der Waals surface area contributed by atoms with Crippen molar-refractivity contribution in [2.24, 2.45) is 0 Å². The van der Waals surface area contributed by atoms with Crippen LogP contribution in [0.25, 0.3) is 0 Å². The van der Waals surface area contributed by atoms with Crippen LogP contribution in [0.5, 0.6) is 0 Å². The molecule has 3 aromatic heterocycles. The van der Waals surface area contributed by atoms with E-state index in [1.807, 2.05) is 18.5 Å². The summed E-state index contributed by atoms with van der Waals surface area (Å²) in [6, 6.07) is 14.7. The highest BCUT2D eigenvalue weighted by molar-refractivity contribution is 7.98. The van der Waals surface area contributed by atoms with E-state index in [-0.39, 0.29) is 0 Å². The molecule has 0 radical (unpaired) electrons. The molecule has 0 aliphatic rings. The molecule has 3 nitrogen and oxygen atoms in total. The molecule has 0 aliphatic carbocycles. The molecule has 0 aliphatic heterocycles. The van der Waals surface area contributed by atoms with Crippen LogP contribution in [0.1, 0.15) is 42.6 Å². The van der Waals surface area contributed by atoms with Crippen LogP contribution in [-0.2, 0) is 13.0 Å². The smallest absolute Gasteiger partial charge is 0.172 e. The quantitative estimate of drug-likeness (QED) is 0.452. The lowest BCUT2D eigenvalue weighted by atomic mass is 9.97. The van der Waals surface area contributed by atoms with Crippen LogP contribution in [0.4, 0.5) is 0 Å². The maximum atomic E-state index is 4.53. The van der Waals surface area contributed by atoms with Gasteiger partial charge in [0.05, 0.1) is 5.92 Å². The minimum absolute atomic E-state index is 0.381. The molecule has 0 N–H and O–H groups in total. The van der Waals surface area contributed by atoms with Gasteiger partial charge in [0.2, 0.25) is 0 Å². The monoisotopic (exact) mass is 364 g/mol. The largest absolute Gasteiger partial charge is 0.261 e. The number of nitrogens with zero attached hydrogens (tertiary/aromatic N) is 3. The van der Waals surface area contributed by atoms with E-state index >= 15 is 0 Å². The van der Waals surface area contributed by atoms with Gasteiger partial charge < -0.3 is 0 Å². The van der Waals surface area contributed by atoms with E-state index in [1.54, 1.807) is 11.8 Å². The Balaban J connectivity index is 1.70. The first kappa shape index (κ1) is 18.6. The highest BCUT2D eigenvalue weighted by atomic mass is 32.2. The summed E-state index contributed by atoms with van der Waals surface area (Å²) in [6.07, 6.45) is 11.2. The van der Waals surface area contributed by atoms with Crippen LogP contribution < -0.4 is 4.57 Å². The van der Waals surface area contributed by atoms with Crippen molar-refractivity contribution in [2.45, 2.75) is 43.5 Å². The van der Waals surface area contributed by atoms with Gasteiger partial charge in [-0.3, -0.25) is 9.97 Å². The normalized spacial score (nSPS) is 13.3. The predicted octanol–water partition coefficient (Wildman–Crippen LogP) is 4.64. The summed E-state index contributed by atoms with van der Waals surface area (Å²) >= 11 is 1.76. The molecule has 0 amide bonds. The van der Waals surface area contributed by atoms with E-state index in [9.17, 15) is 0 Å². The molecule has 4 heteroatoms. The summed E-state index contributed by atoms with van der Waals surface area (Å²) in [4.78, 5) is 10.3. The van der Waals surface area contributed by atoms with Gasteiger partial charge in [-0.2, -0.15) is 0 Å². The SMILES string of the molecule is CSc1ccnc(CC(C)c2ccc[n+](CC(C)c3ccccn3)c2)c1. The van der Waals surface area contributed by atoms with Crippen molar-refractivity contribution in [2.75, 3.05) is 6.26 Å². The van der Waals surface area contributed by atoms with Crippen molar-refractivity contribution in [3.05, 3.63) is 84.2 Å². The number of hydrogen-bond donors (Lipinski definition) is 0. The summed E-state index contributed by atoms with van der Waals surface area (Å²) in [6.45, 7) is 5.43. The van der Waals surface area contributed by atoms with Crippen molar-refractivity contribution in [3.8, 4) is 0 Å². The topological polar surface area (TPSA) is 29.7 Å². The second kappa shape index (κ2) is 8.95. The molecular formula is C22H26N3S+. The van der Waals surface area contributed by atoms with Gasteiger partial charge in [-0.25, -0.2) is 4.57 Å². The third-order valence-electron chi connectivity index (χ3n) is 4.67. The second-order valence-electron chi connectivity index (χ2n) is 6.78. The standard InChI is InChI=1S/C22H26N3S/c1-17(13-20-14-21(26-3)9-11-23-20)19-7-6-12-25(16-19)15-18(2)22-8-4-5-10-24-22/h4-12,14,16-18H,13,15H2,1-3H3/q+1. The van der Waals surface area contributed by atoms with Crippen molar-refractivity contribution in [1.82, 2.24) is 9.97 Å². The Morgan fingerprint density at radius 2 is 1.88 bits per heavy atom. The highest BCUT2D eigenvalue weighted by Crippen LogP contribution is 2.21. The average Bonchev–Trinajstić information content (AvgIpc) is 2.69. The Labute approximate surface area is 160 Å². The summed E-state index contributed by atoms with van der Waals surface area (Å²) in [7, 11) is 0. The van der Waals surface area contributed by atoms with Gasteiger partial charge in [0.25, 0.3) is 0 Å². The molecule has 2 atom stereocenters. The molecule has 3 rings (SSSR count). The van der Waals surface area contributed by atoms with E-state index in [1.165, 1.54) is 10.5 Å². The van der Waals surface area contributed by atoms with Gasteiger partial charge in [0.1, 0.15) is 0 Å². The van der Waals surface area contributed by atoms with Crippen LogP contribution in [-0.4, -0.2) is 16.2 Å². The highest BCUT2D eigenvalue weighted by Gasteiger charge is 2.15. The lowest BCUT2D eigenvalue weighted by Gasteiger charge is -2.12. The Bertz CT molecular complexity index is 836. The van der Waals surface area contributed by atoms with Gasteiger partial charge in [-0.15, -0.1) is 11.8 Å².